The van der Waals surface area contributed by atoms with Crippen LogP contribution < -0.4 is 4.72 Å². The van der Waals surface area contributed by atoms with Crippen LogP contribution in [0.3, 0.4) is 0 Å². The summed E-state index contributed by atoms with van der Waals surface area (Å²) in [4.78, 5) is 10.4. The minimum Gasteiger partial charge on any atom is -0.481 e. The van der Waals surface area contributed by atoms with Crippen molar-refractivity contribution in [2.24, 2.45) is 0 Å². The van der Waals surface area contributed by atoms with Crippen molar-refractivity contribution in [3.8, 4) is 0 Å². The summed E-state index contributed by atoms with van der Waals surface area (Å²) >= 11 is 0. The molecule has 1 saturated heterocycles. The fourth-order valence-electron chi connectivity index (χ4n) is 1.95. The zero-order valence-electron chi connectivity index (χ0n) is 10.7. The fourth-order valence-corrected chi connectivity index (χ4v) is 5.47. The van der Waals surface area contributed by atoms with E-state index < -0.39 is 37.1 Å². The molecule has 1 aliphatic heterocycles. The van der Waals surface area contributed by atoms with Crippen molar-refractivity contribution in [3.63, 3.8) is 0 Å². The van der Waals surface area contributed by atoms with E-state index in [-0.39, 0.29) is 37.2 Å². The highest BCUT2D eigenvalue weighted by atomic mass is 32.2. The summed E-state index contributed by atoms with van der Waals surface area (Å²) in [5.74, 6) is -1.20. The van der Waals surface area contributed by atoms with Gasteiger partial charge in [0, 0.05) is 12.5 Å². The van der Waals surface area contributed by atoms with Crippen LogP contribution in [0.1, 0.15) is 32.6 Å². The molecule has 1 aliphatic rings. The van der Waals surface area contributed by atoms with E-state index in [0.29, 0.717) is 0 Å². The smallest absolute Gasteiger partial charge is 0.303 e. The summed E-state index contributed by atoms with van der Waals surface area (Å²) in [5, 5.41) is 7.82. The third-order valence-electron chi connectivity index (χ3n) is 3.10. The maximum Gasteiger partial charge on any atom is 0.303 e. The van der Waals surface area contributed by atoms with Crippen LogP contribution in [0, 0.1) is 0 Å². The van der Waals surface area contributed by atoms with E-state index in [0.717, 1.165) is 0 Å². The predicted octanol–water partition coefficient (Wildman–Crippen LogP) is -0.264. The van der Waals surface area contributed by atoms with Gasteiger partial charge in [-0.15, -0.1) is 0 Å². The van der Waals surface area contributed by atoms with Crippen LogP contribution in [0.15, 0.2) is 0 Å². The number of carbonyl (C=O) groups is 1. The van der Waals surface area contributed by atoms with Crippen LogP contribution in [0.5, 0.6) is 0 Å². The first-order valence-corrected chi connectivity index (χ1v) is 9.42. The number of rotatable bonds is 6. The van der Waals surface area contributed by atoms with Gasteiger partial charge in [0.25, 0.3) is 0 Å². The van der Waals surface area contributed by atoms with Crippen molar-refractivity contribution < 1.29 is 26.7 Å². The molecule has 0 amide bonds. The molecule has 0 spiro atoms. The second kappa shape index (κ2) is 6.19. The van der Waals surface area contributed by atoms with E-state index >= 15 is 0 Å². The third kappa shape index (κ3) is 5.45. The van der Waals surface area contributed by atoms with Crippen molar-refractivity contribution in [1.29, 1.82) is 0 Å². The molecule has 1 heterocycles. The van der Waals surface area contributed by atoms with Crippen molar-refractivity contribution in [3.05, 3.63) is 0 Å². The monoisotopic (exact) mass is 313 g/mol. The van der Waals surface area contributed by atoms with Gasteiger partial charge in [0.1, 0.15) is 9.84 Å². The zero-order chi connectivity index (χ0) is 14.7. The number of hydrogen-bond donors (Lipinski definition) is 2. The molecule has 112 valence electrons. The number of sulfonamides is 1. The minimum absolute atomic E-state index is 0.101. The lowest BCUT2D eigenvalue weighted by Gasteiger charge is -2.24. The van der Waals surface area contributed by atoms with Gasteiger partial charge in [-0.05, 0) is 26.2 Å². The molecule has 1 fully saturated rings. The fraction of sp³-hybridized carbons (Fsp3) is 0.900. The van der Waals surface area contributed by atoms with Crippen molar-refractivity contribution >= 4 is 25.8 Å². The molecular weight excluding hydrogens is 294 g/mol. The lowest BCUT2D eigenvalue weighted by atomic mass is 10.2. The normalized spacial score (nSPS) is 21.9. The van der Waals surface area contributed by atoms with Gasteiger partial charge in [-0.3, -0.25) is 4.79 Å². The van der Waals surface area contributed by atoms with Gasteiger partial charge < -0.3 is 5.11 Å². The Labute approximate surface area is 113 Å². The Morgan fingerprint density at radius 2 is 1.89 bits per heavy atom. The van der Waals surface area contributed by atoms with Crippen molar-refractivity contribution in [1.82, 2.24) is 4.72 Å². The number of aliphatic carboxylic acids is 1. The molecule has 0 radical (unpaired) electrons. The van der Waals surface area contributed by atoms with E-state index in [1.165, 1.54) is 0 Å². The summed E-state index contributed by atoms with van der Waals surface area (Å²) in [7, 11) is -6.68. The summed E-state index contributed by atoms with van der Waals surface area (Å²) in [5.41, 5.74) is 0. The van der Waals surface area contributed by atoms with Crippen LogP contribution in [-0.4, -0.2) is 50.7 Å². The largest absolute Gasteiger partial charge is 0.481 e. The molecule has 2 N–H and O–H groups in total. The Balaban J connectivity index is 2.54. The van der Waals surface area contributed by atoms with Gasteiger partial charge >= 0.3 is 5.97 Å². The molecule has 0 aromatic heterocycles. The number of sulfone groups is 1. The van der Waals surface area contributed by atoms with Gasteiger partial charge in [0.2, 0.25) is 10.0 Å². The highest BCUT2D eigenvalue weighted by Crippen LogP contribution is 2.19. The molecule has 7 nitrogen and oxygen atoms in total. The lowest BCUT2D eigenvalue weighted by molar-refractivity contribution is -0.137. The van der Waals surface area contributed by atoms with Crippen molar-refractivity contribution in [2.75, 3.05) is 11.5 Å². The molecule has 1 unspecified atom stereocenters. The Bertz CT molecular complexity index is 510. The summed E-state index contributed by atoms with van der Waals surface area (Å²) in [6.45, 7) is 1.60. The topological polar surface area (TPSA) is 118 Å². The SMILES string of the molecule is CC(CCC(=O)O)NS(=O)(=O)C1CCS(=O)(=O)CC1. The maximum absolute atomic E-state index is 12.0. The highest BCUT2D eigenvalue weighted by molar-refractivity contribution is 7.92. The Kier molecular flexibility index (Phi) is 5.34. The lowest BCUT2D eigenvalue weighted by Crippen LogP contribution is -2.43. The zero-order valence-corrected chi connectivity index (χ0v) is 12.3. The Morgan fingerprint density at radius 1 is 1.37 bits per heavy atom. The van der Waals surface area contributed by atoms with Crippen LogP contribution >= 0.6 is 0 Å². The second-order valence-corrected chi connectivity index (χ2v) is 9.14. The summed E-state index contributed by atoms with van der Waals surface area (Å²) < 4.78 is 48.9. The van der Waals surface area contributed by atoms with Crippen LogP contribution in [0.25, 0.3) is 0 Å². The second-order valence-electron chi connectivity index (χ2n) is 4.85. The summed E-state index contributed by atoms with van der Waals surface area (Å²) in [6, 6.07) is -0.473. The number of nitrogens with one attached hydrogen (secondary N) is 1. The van der Waals surface area contributed by atoms with Crippen LogP contribution in [-0.2, 0) is 24.7 Å². The molecule has 0 saturated carbocycles. The predicted molar refractivity (Wildman–Crippen MR) is 70.1 cm³/mol. The van der Waals surface area contributed by atoms with Gasteiger partial charge in [-0.25, -0.2) is 21.6 Å². The van der Waals surface area contributed by atoms with Crippen LogP contribution in [0.4, 0.5) is 0 Å². The number of carboxylic acid groups (broad SMARTS) is 1. The average Bonchev–Trinajstić information content (AvgIpc) is 2.25. The van der Waals surface area contributed by atoms with E-state index in [1.54, 1.807) is 6.92 Å². The van der Waals surface area contributed by atoms with E-state index in [9.17, 15) is 21.6 Å². The molecular formula is C10H19NO6S2. The van der Waals surface area contributed by atoms with E-state index in [1.807, 2.05) is 0 Å². The quantitative estimate of drug-likeness (QED) is 0.697. The van der Waals surface area contributed by atoms with Gasteiger partial charge in [-0.2, -0.15) is 0 Å². The van der Waals surface area contributed by atoms with Gasteiger partial charge in [-0.1, -0.05) is 0 Å². The van der Waals surface area contributed by atoms with Crippen LogP contribution in [0.2, 0.25) is 0 Å². The molecule has 0 aromatic rings. The highest BCUT2D eigenvalue weighted by Gasteiger charge is 2.33. The molecule has 0 bridgehead atoms. The minimum atomic E-state index is -3.59. The first-order valence-electron chi connectivity index (χ1n) is 6.06. The molecule has 0 aromatic carbocycles. The van der Waals surface area contributed by atoms with Crippen molar-refractivity contribution in [2.45, 2.75) is 43.9 Å². The van der Waals surface area contributed by atoms with E-state index in [2.05, 4.69) is 4.72 Å². The first kappa shape index (κ1) is 16.4. The summed E-state index contributed by atoms with van der Waals surface area (Å²) in [6.07, 6.45) is 0.301. The Morgan fingerprint density at radius 3 is 2.37 bits per heavy atom. The van der Waals surface area contributed by atoms with Gasteiger partial charge in [0.05, 0.1) is 16.8 Å². The number of carboxylic acids is 1. The number of hydrogen-bond acceptors (Lipinski definition) is 5. The Hall–Kier alpha value is -0.670. The maximum atomic E-state index is 12.0. The average molecular weight is 313 g/mol. The standard InChI is InChI=1S/C10H19NO6S2/c1-8(2-3-10(12)13)11-19(16,17)9-4-6-18(14,15)7-5-9/h8-9,11H,2-7H2,1H3,(H,12,13). The van der Waals surface area contributed by atoms with E-state index in [4.69, 9.17) is 5.11 Å². The molecule has 1 atom stereocenters. The molecule has 0 aliphatic carbocycles. The van der Waals surface area contributed by atoms with Gasteiger partial charge in [0.15, 0.2) is 0 Å². The first-order chi connectivity index (χ1) is 8.62. The molecule has 1 rings (SSSR count). The molecule has 19 heavy (non-hydrogen) atoms. The third-order valence-corrected chi connectivity index (χ3v) is 6.89. The molecule has 9 heteroatoms.